The minimum Gasteiger partial charge on any atom is -0.496 e. The van der Waals surface area contributed by atoms with E-state index in [0.29, 0.717) is 18.8 Å². The summed E-state index contributed by atoms with van der Waals surface area (Å²) in [4.78, 5) is 14.7. The molecule has 106 valence electrons. The number of non-ortho nitro benzene ring substituents is 1. The lowest BCUT2D eigenvalue weighted by Crippen LogP contribution is -2.13. The Morgan fingerprint density at radius 3 is 2.95 bits per heavy atom. The van der Waals surface area contributed by atoms with Gasteiger partial charge in [0, 0.05) is 30.1 Å². The third kappa shape index (κ3) is 2.94. The molecule has 1 aromatic heterocycles. The van der Waals surface area contributed by atoms with Crippen LogP contribution in [-0.2, 0) is 13.1 Å². The molecule has 7 nitrogen and oxygen atoms in total. The molecule has 1 heterocycles. The fourth-order valence-electron chi connectivity index (χ4n) is 1.99. The highest BCUT2D eigenvalue weighted by Gasteiger charge is 2.13. The molecule has 1 N–H and O–H groups in total. The van der Waals surface area contributed by atoms with Crippen molar-refractivity contribution in [1.82, 2.24) is 14.9 Å². The van der Waals surface area contributed by atoms with Gasteiger partial charge in [-0.05, 0) is 13.1 Å². The normalized spacial score (nSPS) is 10.5. The maximum absolute atomic E-state index is 10.9. The summed E-state index contributed by atoms with van der Waals surface area (Å²) in [6, 6.07) is 4.58. The van der Waals surface area contributed by atoms with Crippen LogP contribution in [0.2, 0.25) is 0 Å². The van der Waals surface area contributed by atoms with Crippen molar-refractivity contribution in [3.63, 3.8) is 0 Å². The highest BCUT2D eigenvalue weighted by Crippen LogP contribution is 2.25. The Kier molecular flexibility index (Phi) is 4.31. The predicted molar refractivity (Wildman–Crippen MR) is 73.7 cm³/mol. The van der Waals surface area contributed by atoms with Crippen molar-refractivity contribution in [1.29, 1.82) is 0 Å². The van der Waals surface area contributed by atoms with Gasteiger partial charge in [-0.15, -0.1) is 0 Å². The maximum Gasteiger partial charge on any atom is 0.270 e. The van der Waals surface area contributed by atoms with Gasteiger partial charge in [0.1, 0.15) is 11.6 Å². The molecule has 0 amide bonds. The summed E-state index contributed by atoms with van der Waals surface area (Å²) < 4.78 is 7.19. The third-order valence-corrected chi connectivity index (χ3v) is 2.95. The number of nitrogens with one attached hydrogen (secondary N) is 1. The number of imidazole rings is 1. The molecule has 0 spiro atoms. The molecule has 20 heavy (non-hydrogen) atoms. The topological polar surface area (TPSA) is 82.2 Å². The van der Waals surface area contributed by atoms with E-state index < -0.39 is 4.92 Å². The van der Waals surface area contributed by atoms with E-state index in [1.165, 1.54) is 12.1 Å². The SMILES string of the molecule is CNCc1nccn1Cc1cc([N+](=O)[O-])ccc1OC. The zero-order chi connectivity index (χ0) is 14.5. The Bertz CT molecular complexity index is 609. The number of benzene rings is 1. The summed E-state index contributed by atoms with van der Waals surface area (Å²) in [7, 11) is 3.39. The van der Waals surface area contributed by atoms with Gasteiger partial charge < -0.3 is 14.6 Å². The average molecular weight is 276 g/mol. The van der Waals surface area contributed by atoms with E-state index in [1.807, 2.05) is 17.8 Å². The van der Waals surface area contributed by atoms with Crippen LogP contribution in [0.15, 0.2) is 30.6 Å². The van der Waals surface area contributed by atoms with E-state index in [0.717, 1.165) is 11.4 Å². The van der Waals surface area contributed by atoms with Crippen molar-refractivity contribution in [3.05, 3.63) is 52.1 Å². The monoisotopic (exact) mass is 276 g/mol. The number of hydrogen-bond acceptors (Lipinski definition) is 5. The van der Waals surface area contributed by atoms with Crippen molar-refractivity contribution in [2.75, 3.05) is 14.2 Å². The molecule has 0 fully saturated rings. The number of rotatable bonds is 6. The zero-order valence-electron chi connectivity index (χ0n) is 11.4. The van der Waals surface area contributed by atoms with Gasteiger partial charge in [0.15, 0.2) is 0 Å². The van der Waals surface area contributed by atoms with Gasteiger partial charge in [-0.2, -0.15) is 0 Å². The number of aromatic nitrogens is 2. The Labute approximate surface area is 116 Å². The standard InChI is InChI=1S/C13H16N4O3/c1-14-8-13-15-5-6-16(13)9-10-7-11(17(18)19)3-4-12(10)20-2/h3-7,14H,8-9H2,1-2H3. The lowest BCUT2D eigenvalue weighted by Gasteiger charge is -2.11. The first-order valence-electron chi connectivity index (χ1n) is 6.11. The first-order valence-corrected chi connectivity index (χ1v) is 6.11. The van der Waals surface area contributed by atoms with Gasteiger partial charge in [0.05, 0.1) is 25.1 Å². The molecule has 0 bridgehead atoms. The van der Waals surface area contributed by atoms with Gasteiger partial charge in [0.25, 0.3) is 5.69 Å². The summed E-state index contributed by atoms with van der Waals surface area (Å²) in [5.41, 5.74) is 0.799. The largest absolute Gasteiger partial charge is 0.496 e. The highest BCUT2D eigenvalue weighted by molar-refractivity contribution is 5.44. The van der Waals surface area contributed by atoms with Crippen LogP contribution < -0.4 is 10.1 Å². The number of hydrogen-bond donors (Lipinski definition) is 1. The molecule has 1 aromatic carbocycles. The number of methoxy groups -OCH3 is 1. The number of ether oxygens (including phenoxy) is 1. The first kappa shape index (κ1) is 14.0. The molecule has 0 unspecified atom stereocenters. The summed E-state index contributed by atoms with van der Waals surface area (Å²) >= 11 is 0. The average Bonchev–Trinajstić information content (AvgIpc) is 2.86. The van der Waals surface area contributed by atoms with Gasteiger partial charge in [-0.25, -0.2) is 4.98 Å². The summed E-state index contributed by atoms with van der Waals surface area (Å²) in [5.74, 6) is 1.49. The maximum atomic E-state index is 10.9. The van der Waals surface area contributed by atoms with Crippen LogP contribution in [0.25, 0.3) is 0 Å². The molecule has 7 heteroatoms. The molecule has 0 aliphatic rings. The lowest BCUT2D eigenvalue weighted by molar-refractivity contribution is -0.384. The van der Waals surface area contributed by atoms with Crippen molar-refractivity contribution in [3.8, 4) is 5.75 Å². The molecular formula is C13H16N4O3. The van der Waals surface area contributed by atoms with Crippen molar-refractivity contribution in [2.45, 2.75) is 13.1 Å². The predicted octanol–water partition coefficient (Wildman–Crippen LogP) is 1.57. The van der Waals surface area contributed by atoms with Crippen LogP contribution in [0.1, 0.15) is 11.4 Å². The minimum atomic E-state index is -0.411. The first-order chi connectivity index (χ1) is 9.65. The van der Waals surface area contributed by atoms with Gasteiger partial charge in [-0.3, -0.25) is 10.1 Å². The van der Waals surface area contributed by atoms with Gasteiger partial charge in [-0.1, -0.05) is 0 Å². The molecule has 2 rings (SSSR count). The quantitative estimate of drug-likeness (QED) is 0.639. The highest BCUT2D eigenvalue weighted by atomic mass is 16.6. The molecule has 0 aliphatic carbocycles. The van der Waals surface area contributed by atoms with E-state index in [1.54, 1.807) is 19.4 Å². The molecule has 0 radical (unpaired) electrons. The second-order valence-corrected chi connectivity index (χ2v) is 4.25. The fraction of sp³-hybridized carbons (Fsp3) is 0.308. The summed E-state index contributed by atoms with van der Waals surface area (Å²) in [6.45, 7) is 1.10. The van der Waals surface area contributed by atoms with Crippen LogP contribution >= 0.6 is 0 Å². The number of nitro groups is 1. The lowest BCUT2D eigenvalue weighted by atomic mass is 10.1. The van der Waals surface area contributed by atoms with Crippen LogP contribution in [0.3, 0.4) is 0 Å². The second kappa shape index (κ2) is 6.16. The van der Waals surface area contributed by atoms with Crippen molar-refractivity contribution in [2.24, 2.45) is 0 Å². The summed E-state index contributed by atoms with van der Waals surface area (Å²) in [5, 5.41) is 13.9. The molecule has 0 atom stereocenters. The Morgan fingerprint density at radius 2 is 2.30 bits per heavy atom. The van der Waals surface area contributed by atoms with Gasteiger partial charge in [0.2, 0.25) is 0 Å². The fourth-order valence-corrected chi connectivity index (χ4v) is 1.99. The molecule has 0 saturated carbocycles. The van der Waals surface area contributed by atoms with E-state index >= 15 is 0 Å². The van der Waals surface area contributed by atoms with Gasteiger partial charge >= 0.3 is 0 Å². The van der Waals surface area contributed by atoms with Crippen LogP contribution in [0.4, 0.5) is 5.69 Å². The van der Waals surface area contributed by atoms with E-state index in [2.05, 4.69) is 10.3 Å². The van der Waals surface area contributed by atoms with Crippen molar-refractivity contribution >= 4 is 5.69 Å². The zero-order valence-corrected chi connectivity index (χ0v) is 11.4. The van der Waals surface area contributed by atoms with Crippen LogP contribution in [-0.4, -0.2) is 28.6 Å². The third-order valence-electron chi connectivity index (χ3n) is 2.95. The van der Waals surface area contributed by atoms with Crippen molar-refractivity contribution < 1.29 is 9.66 Å². The smallest absolute Gasteiger partial charge is 0.270 e. The minimum absolute atomic E-state index is 0.0519. The number of nitro benzene ring substituents is 1. The number of nitrogens with zero attached hydrogens (tertiary/aromatic N) is 3. The summed E-state index contributed by atoms with van der Waals surface area (Å²) in [6.07, 6.45) is 3.54. The Hall–Kier alpha value is -2.41. The molecule has 0 aliphatic heterocycles. The van der Waals surface area contributed by atoms with Crippen LogP contribution in [0, 0.1) is 10.1 Å². The molecule has 0 saturated heterocycles. The Morgan fingerprint density at radius 1 is 1.50 bits per heavy atom. The Balaban J connectivity index is 2.33. The van der Waals surface area contributed by atoms with E-state index in [-0.39, 0.29) is 5.69 Å². The second-order valence-electron chi connectivity index (χ2n) is 4.25. The molecular weight excluding hydrogens is 260 g/mol. The van der Waals surface area contributed by atoms with E-state index in [9.17, 15) is 10.1 Å². The van der Waals surface area contributed by atoms with Crippen LogP contribution in [0.5, 0.6) is 5.75 Å². The molecule has 2 aromatic rings. The van der Waals surface area contributed by atoms with E-state index in [4.69, 9.17) is 4.74 Å².